The number of aryl methyl sites for hydroxylation is 3. The number of pyridine rings is 1. The number of thiophene rings is 1. The van der Waals surface area contributed by atoms with Crippen LogP contribution in [0.4, 0.5) is 11.5 Å². The minimum absolute atomic E-state index is 0.0185. The number of hydrogen-bond donors (Lipinski definition) is 1. The van der Waals surface area contributed by atoms with E-state index in [1.807, 2.05) is 0 Å². The van der Waals surface area contributed by atoms with Gasteiger partial charge in [0.2, 0.25) is 5.82 Å². The summed E-state index contributed by atoms with van der Waals surface area (Å²) in [5.41, 5.74) is 2.04. The van der Waals surface area contributed by atoms with Gasteiger partial charge in [-0.3, -0.25) is 10.1 Å². The molecule has 0 aliphatic carbocycles. The number of nitro groups is 1. The molecule has 6 heteroatoms. The van der Waals surface area contributed by atoms with Crippen molar-refractivity contribution in [2.45, 2.75) is 27.3 Å². The molecule has 2 aromatic rings. The first-order chi connectivity index (χ1) is 8.97. The van der Waals surface area contributed by atoms with Crippen molar-refractivity contribution in [1.82, 2.24) is 4.98 Å². The fourth-order valence-electron chi connectivity index (χ4n) is 1.74. The van der Waals surface area contributed by atoms with Gasteiger partial charge < -0.3 is 5.32 Å². The highest BCUT2D eigenvalue weighted by atomic mass is 32.1. The summed E-state index contributed by atoms with van der Waals surface area (Å²) in [5, 5.41) is 14.0. The Morgan fingerprint density at radius 2 is 2.11 bits per heavy atom. The standard InChI is InChI=1S/C13H15N3O2S/c1-8-4-12(16(17)18)13(14-6-8)15-7-11-5-9(2)10(3)19-11/h4-6H,7H2,1-3H3,(H,14,15). The SMILES string of the molecule is Cc1cnc(NCc2cc(C)c(C)s2)c([N+](=O)[O-])c1. The van der Waals surface area contributed by atoms with Crippen LogP contribution in [0.5, 0.6) is 0 Å². The van der Waals surface area contributed by atoms with Crippen molar-refractivity contribution in [3.05, 3.63) is 49.3 Å². The summed E-state index contributed by atoms with van der Waals surface area (Å²) in [4.78, 5) is 17.1. The lowest BCUT2D eigenvalue weighted by Crippen LogP contribution is -2.04. The van der Waals surface area contributed by atoms with Gasteiger partial charge in [0.05, 0.1) is 11.5 Å². The second kappa shape index (κ2) is 5.36. The van der Waals surface area contributed by atoms with E-state index < -0.39 is 4.92 Å². The predicted octanol–water partition coefficient (Wildman–Crippen LogP) is 3.59. The molecule has 2 aromatic heterocycles. The van der Waals surface area contributed by atoms with Crippen LogP contribution in [-0.2, 0) is 6.54 Å². The molecule has 0 radical (unpaired) electrons. The zero-order chi connectivity index (χ0) is 14.0. The second-order valence-corrected chi connectivity index (χ2v) is 5.78. The number of aromatic nitrogens is 1. The number of nitrogens with zero attached hydrogens (tertiary/aromatic N) is 2. The summed E-state index contributed by atoms with van der Waals surface area (Å²) < 4.78 is 0. The van der Waals surface area contributed by atoms with E-state index in [4.69, 9.17) is 0 Å². The zero-order valence-corrected chi connectivity index (χ0v) is 11.9. The highest BCUT2D eigenvalue weighted by Crippen LogP contribution is 2.25. The Kier molecular flexibility index (Phi) is 3.80. The van der Waals surface area contributed by atoms with Gasteiger partial charge in [0.25, 0.3) is 0 Å². The Morgan fingerprint density at radius 3 is 2.68 bits per heavy atom. The molecule has 100 valence electrons. The summed E-state index contributed by atoms with van der Waals surface area (Å²) in [6.07, 6.45) is 1.63. The van der Waals surface area contributed by atoms with Gasteiger partial charge >= 0.3 is 5.69 Å². The highest BCUT2D eigenvalue weighted by molar-refractivity contribution is 7.12. The summed E-state index contributed by atoms with van der Waals surface area (Å²) in [6, 6.07) is 3.62. The van der Waals surface area contributed by atoms with Crippen molar-refractivity contribution >= 4 is 22.8 Å². The van der Waals surface area contributed by atoms with Gasteiger partial charge in [-0.05, 0) is 38.0 Å². The lowest BCUT2D eigenvalue weighted by Gasteiger charge is -2.05. The summed E-state index contributed by atoms with van der Waals surface area (Å²) in [5.74, 6) is 0.319. The molecule has 0 saturated carbocycles. The third kappa shape index (κ3) is 3.08. The smallest absolute Gasteiger partial charge is 0.311 e. The molecule has 0 amide bonds. The predicted molar refractivity (Wildman–Crippen MR) is 76.7 cm³/mol. The van der Waals surface area contributed by atoms with Crippen LogP contribution in [0.2, 0.25) is 0 Å². The van der Waals surface area contributed by atoms with Gasteiger partial charge in [0, 0.05) is 22.0 Å². The maximum absolute atomic E-state index is 11.0. The molecule has 2 rings (SSSR count). The Balaban J connectivity index is 2.17. The molecule has 1 N–H and O–H groups in total. The fraction of sp³-hybridized carbons (Fsp3) is 0.308. The Hall–Kier alpha value is -1.95. The molecule has 0 fully saturated rings. The summed E-state index contributed by atoms with van der Waals surface area (Å²) >= 11 is 1.69. The fourth-order valence-corrected chi connectivity index (χ4v) is 2.73. The van der Waals surface area contributed by atoms with E-state index >= 15 is 0 Å². The molecule has 2 heterocycles. The van der Waals surface area contributed by atoms with Crippen molar-refractivity contribution in [1.29, 1.82) is 0 Å². The van der Waals surface area contributed by atoms with E-state index in [1.165, 1.54) is 16.5 Å². The molecule has 0 aromatic carbocycles. The molecule has 0 unspecified atom stereocenters. The molecule has 19 heavy (non-hydrogen) atoms. The van der Waals surface area contributed by atoms with Crippen molar-refractivity contribution in [2.75, 3.05) is 5.32 Å². The van der Waals surface area contributed by atoms with Crippen LogP contribution in [0.15, 0.2) is 18.3 Å². The number of nitrogens with one attached hydrogen (secondary N) is 1. The zero-order valence-electron chi connectivity index (χ0n) is 11.1. The Labute approximate surface area is 115 Å². The van der Waals surface area contributed by atoms with E-state index in [-0.39, 0.29) is 5.69 Å². The highest BCUT2D eigenvalue weighted by Gasteiger charge is 2.15. The van der Waals surface area contributed by atoms with Crippen LogP contribution in [0.25, 0.3) is 0 Å². The maximum atomic E-state index is 11.0. The van der Waals surface area contributed by atoms with E-state index in [1.54, 1.807) is 24.5 Å². The molecule has 0 bridgehead atoms. The van der Waals surface area contributed by atoms with Gasteiger partial charge in [0.15, 0.2) is 0 Å². The van der Waals surface area contributed by atoms with Crippen LogP contribution < -0.4 is 5.32 Å². The van der Waals surface area contributed by atoms with Crippen LogP contribution in [0.3, 0.4) is 0 Å². The van der Waals surface area contributed by atoms with Gasteiger partial charge in [0.1, 0.15) is 0 Å². The largest absolute Gasteiger partial charge is 0.359 e. The molecule has 0 aliphatic heterocycles. The quantitative estimate of drug-likeness (QED) is 0.685. The average Bonchev–Trinajstić information content (AvgIpc) is 2.67. The van der Waals surface area contributed by atoms with Crippen molar-refractivity contribution in [2.24, 2.45) is 0 Å². The molecule has 0 saturated heterocycles. The first-order valence-electron chi connectivity index (χ1n) is 5.88. The minimum Gasteiger partial charge on any atom is -0.359 e. The van der Waals surface area contributed by atoms with E-state index in [0.29, 0.717) is 12.4 Å². The van der Waals surface area contributed by atoms with Crippen LogP contribution in [-0.4, -0.2) is 9.91 Å². The van der Waals surface area contributed by atoms with E-state index in [9.17, 15) is 10.1 Å². The Morgan fingerprint density at radius 1 is 1.37 bits per heavy atom. The van der Waals surface area contributed by atoms with Crippen molar-refractivity contribution in [3.63, 3.8) is 0 Å². The lowest BCUT2D eigenvalue weighted by molar-refractivity contribution is -0.384. The van der Waals surface area contributed by atoms with Crippen LogP contribution in [0, 0.1) is 30.9 Å². The summed E-state index contributed by atoms with van der Waals surface area (Å²) in [7, 11) is 0. The second-order valence-electron chi connectivity index (χ2n) is 4.44. The molecule has 5 nitrogen and oxygen atoms in total. The van der Waals surface area contributed by atoms with E-state index in [2.05, 4.69) is 30.2 Å². The van der Waals surface area contributed by atoms with Gasteiger partial charge in [-0.25, -0.2) is 4.98 Å². The topological polar surface area (TPSA) is 68.1 Å². The molecular weight excluding hydrogens is 262 g/mol. The van der Waals surface area contributed by atoms with Gasteiger partial charge in [-0.1, -0.05) is 0 Å². The summed E-state index contributed by atoms with van der Waals surface area (Å²) in [6.45, 7) is 6.46. The van der Waals surface area contributed by atoms with Crippen molar-refractivity contribution in [3.8, 4) is 0 Å². The number of anilines is 1. The monoisotopic (exact) mass is 277 g/mol. The Bertz CT molecular complexity index is 603. The third-order valence-electron chi connectivity index (χ3n) is 2.85. The van der Waals surface area contributed by atoms with E-state index in [0.717, 1.165) is 10.4 Å². The number of hydrogen-bond acceptors (Lipinski definition) is 5. The lowest BCUT2D eigenvalue weighted by atomic mass is 10.2. The third-order valence-corrected chi connectivity index (χ3v) is 4.00. The molecular formula is C13H15N3O2S. The molecule has 0 atom stereocenters. The van der Waals surface area contributed by atoms with Crippen LogP contribution >= 0.6 is 11.3 Å². The van der Waals surface area contributed by atoms with Gasteiger partial charge in [-0.15, -0.1) is 11.3 Å². The minimum atomic E-state index is -0.409. The number of rotatable bonds is 4. The van der Waals surface area contributed by atoms with Gasteiger partial charge in [-0.2, -0.15) is 0 Å². The average molecular weight is 277 g/mol. The first-order valence-corrected chi connectivity index (χ1v) is 6.70. The molecule has 0 spiro atoms. The first kappa shape index (κ1) is 13.5. The van der Waals surface area contributed by atoms with Crippen LogP contribution in [0.1, 0.15) is 20.9 Å². The molecule has 0 aliphatic rings. The normalized spacial score (nSPS) is 10.5. The maximum Gasteiger partial charge on any atom is 0.311 e. The van der Waals surface area contributed by atoms with Crippen molar-refractivity contribution < 1.29 is 4.92 Å².